The zero-order chi connectivity index (χ0) is 10.7. The maximum absolute atomic E-state index is 11.6. The van der Waals surface area contributed by atoms with Crippen molar-refractivity contribution in [3.63, 3.8) is 0 Å². The number of rotatable bonds is 3. The minimum Gasteiger partial charge on any atom is -0.397 e. The van der Waals surface area contributed by atoms with Gasteiger partial charge in [0, 0.05) is 31.0 Å². The summed E-state index contributed by atoms with van der Waals surface area (Å²) in [6, 6.07) is 1.63. The van der Waals surface area contributed by atoms with E-state index in [0.717, 1.165) is 19.6 Å². The van der Waals surface area contributed by atoms with Gasteiger partial charge in [-0.15, -0.1) is 0 Å². The topological polar surface area (TPSA) is 80.1 Å². The van der Waals surface area contributed by atoms with E-state index in [9.17, 15) is 4.79 Å². The molecule has 1 saturated heterocycles. The Kier molecular flexibility index (Phi) is 2.91. The molecule has 1 aromatic rings. The third kappa shape index (κ3) is 2.50. The van der Waals surface area contributed by atoms with Crippen LogP contribution in [-0.4, -0.2) is 30.6 Å². The highest BCUT2D eigenvalue weighted by molar-refractivity contribution is 5.93. The van der Waals surface area contributed by atoms with Crippen LogP contribution in [0, 0.1) is 5.92 Å². The number of carbonyl (C=O) groups excluding carboxylic acids is 1. The lowest BCUT2D eigenvalue weighted by Crippen LogP contribution is -2.29. The van der Waals surface area contributed by atoms with Crippen molar-refractivity contribution in [3.05, 3.63) is 18.0 Å². The molecule has 4 N–H and O–H groups in total. The standard InChI is InChI=1S/C10H15N3O2/c11-8-3-9(12-5-8)10(14)13-4-7-1-2-15-6-7/h3,5,7,12H,1-2,4,6,11H2,(H,13,14). The van der Waals surface area contributed by atoms with Crippen LogP contribution in [0.5, 0.6) is 0 Å². The summed E-state index contributed by atoms with van der Waals surface area (Å²) in [4.78, 5) is 14.4. The van der Waals surface area contributed by atoms with Crippen molar-refractivity contribution >= 4 is 11.6 Å². The molecule has 5 nitrogen and oxygen atoms in total. The number of nitrogens with one attached hydrogen (secondary N) is 2. The fourth-order valence-corrected chi connectivity index (χ4v) is 1.62. The summed E-state index contributed by atoms with van der Waals surface area (Å²) < 4.78 is 5.22. The van der Waals surface area contributed by atoms with Gasteiger partial charge in [0.05, 0.1) is 6.61 Å². The van der Waals surface area contributed by atoms with Crippen molar-refractivity contribution in [3.8, 4) is 0 Å². The van der Waals surface area contributed by atoms with Gasteiger partial charge >= 0.3 is 0 Å². The molecule has 0 aromatic carbocycles. The van der Waals surface area contributed by atoms with Crippen molar-refractivity contribution < 1.29 is 9.53 Å². The number of aromatic amines is 1. The number of anilines is 1. The van der Waals surface area contributed by atoms with Gasteiger partial charge in [0.15, 0.2) is 0 Å². The molecule has 1 atom stereocenters. The molecule has 0 spiro atoms. The summed E-state index contributed by atoms with van der Waals surface area (Å²) in [5.41, 5.74) is 6.58. The van der Waals surface area contributed by atoms with Crippen LogP contribution in [0.4, 0.5) is 5.69 Å². The summed E-state index contributed by atoms with van der Waals surface area (Å²) in [7, 11) is 0. The minimum atomic E-state index is -0.112. The van der Waals surface area contributed by atoms with Crippen molar-refractivity contribution in [1.82, 2.24) is 10.3 Å². The lowest BCUT2D eigenvalue weighted by atomic mass is 10.1. The van der Waals surface area contributed by atoms with Crippen LogP contribution in [0.2, 0.25) is 0 Å². The third-order valence-corrected chi connectivity index (χ3v) is 2.53. The Bertz CT molecular complexity index is 342. The van der Waals surface area contributed by atoms with Gasteiger partial charge in [-0.05, 0) is 12.5 Å². The van der Waals surface area contributed by atoms with E-state index in [2.05, 4.69) is 10.3 Å². The first kappa shape index (κ1) is 10.0. The third-order valence-electron chi connectivity index (χ3n) is 2.53. The van der Waals surface area contributed by atoms with E-state index in [-0.39, 0.29) is 5.91 Å². The van der Waals surface area contributed by atoms with E-state index in [1.165, 1.54) is 0 Å². The van der Waals surface area contributed by atoms with Crippen LogP contribution in [0.3, 0.4) is 0 Å². The smallest absolute Gasteiger partial charge is 0.267 e. The highest BCUT2D eigenvalue weighted by Crippen LogP contribution is 2.11. The molecule has 1 aliphatic rings. The molecular formula is C10H15N3O2. The quantitative estimate of drug-likeness (QED) is 0.672. The van der Waals surface area contributed by atoms with E-state index >= 15 is 0 Å². The van der Waals surface area contributed by atoms with Gasteiger partial charge in [-0.25, -0.2) is 0 Å². The van der Waals surface area contributed by atoms with Gasteiger partial charge in [-0.2, -0.15) is 0 Å². The van der Waals surface area contributed by atoms with E-state index in [4.69, 9.17) is 10.5 Å². The lowest BCUT2D eigenvalue weighted by molar-refractivity contribution is 0.0940. The SMILES string of the molecule is Nc1c[nH]c(C(=O)NCC2CCOC2)c1. The summed E-state index contributed by atoms with van der Waals surface area (Å²) in [6.45, 7) is 2.21. The minimum absolute atomic E-state index is 0.112. The highest BCUT2D eigenvalue weighted by atomic mass is 16.5. The molecular weight excluding hydrogens is 194 g/mol. The fourth-order valence-electron chi connectivity index (χ4n) is 1.62. The Labute approximate surface area is 88.0 Å². The van der Waals surface area contributed by atoms with Crippen LogP contribution in [0.25, 0.3) is 0 Å². The van der Waals surface area contributed by atoms with E-state index in [1.807, 2.05) is 0 Å². The number of H-pyrrole nitrogens is 1. The number of amides is 1. The zero-order valence-electron chi connectivity index (χ0n) is 8.45. The molecule has 1 aliphatic heterocycles. The summed E-state index contributed by atoms with van der Waals surface area (Å²) in [5.74, 6) is 0.333. The average molecular weight is 209 g/mol. The van der Waals surface area contributed by atoms with Gasteiger partial charge in [0.1, 0.15) is 5.69 Å². The first-order valence-electron chi connectivity index (χ1n) is 5.05. The Hall–Kier alpha value is -1.49. The molecule has 5 heteroatoms. The molecule has 82 valence electrons. The second-order valence-corrected chi connectivity index (χ2v) is 3.79. The van der Waals surface area contributed by atoms with Crippen LogP contribution in [0.1, 0.15) is 16.9 Å². The van der Waals surface area contributed by atoms with Crippen LogP contribution >= 0.6 is 0 Å². The zero-order valence-corrected chi connectivity index (χ0v) is 8.45. The molecule has 0 radical (unpaired) electrons. The Balaban J connectivity index is 1.81. The summed E-state index contributed by atoms with van der Waals surface area (Å²) in [5, 5.41) is 2.85. The number of nitrogens with two attached hydrogens (primary N) is 1. The molecule has 0 bridgehead atoms. The Morgan fingerprint density at radius 3 is 3.20 bits per heavy atom. The monoisotopic (exact) mass is 209 g/mol. The van der Waals surface area contributed by atoms with Crippen molar-refractivity contribution in [2.45, 2.75) is 6.42 Å². The first-order chi connectivity index (χ1) is 7.25. The molecule has 15 heavy (non-hydrogen) atoms. The fraction of sp³-hybridized carbons (Fsp3) is 0.500. The lowest BCUT2D eigenvalue weighted by Gasteiger charge is -2.08. The normalized spacial score (nSPS) is 20.4. The predicted octanol–water partition coefficient (Wildman–Crippen LogP) is 0.363. The number of nitrogen functional groups attached to an aromatic ring is 1. The van der Waals surface area contributed by atoms with Crippen molar-refractivity contribution in [1.29, 1.82) is 0 Å². The molecule has 1 unspecified atom stereocenters. The van der Waals surface area contributed by atoms with E-state index in [0.29, 0.717) is 23.8 Å². The molecule has 0 aliphatic carbocycles. The maximum atomic E-state index is 11.6. The Morgan fingerprint density at radius 1 is 1.73 bits per heavy atom. The van der Waals surface area contributed by atoms with Gasteiger partial charge in [0.25, 0.3) is 5.91 Å². The van der Waals surface area contributed by atoms with Crippen LogP contribution in [0.15, 0.2) is 12.3 Å². The van der Waals surface area contributed by atoms with Gasteiger partial charge < -0.3 is 20.8 Å². The highest BCUT2D eigenvalue weighted by Gasteiger charge is 2.17. The second-order valence-electron chi connectivity index (χ2n) is 3.79. The van der Waals surface area contributed by atoms with Gasteiger partial charge in [0.2, 0.25) is 0 Å². The van der Waals surface area contributed by atoms with E-state index < -0.39 is 0 Å². The number of hydrogen-bond donors (Lipinski definition) is 3. The molecule has 1 amide bonds. The molecule has 0 saturated carbocycles. The number of carbonyl (C=O) groups is 1. The molecule has 2 heterocycles. The van der Waals surface area contributed by atoms with Crippen molar-refractivity contribution in [2.75, 3.05) is 25.5 Å². The van der Waals surface area contributed by atoms with Gasteiger partial charge in [-0.3, -0.25) is 4.79 Å². The van der Waals surface area contributed by atoms with Crippen molar-refractivity contribution in [2.24, 2.45) is 5.92 Å². The molecule has 1 fully saturated rings. The van der Waals surface area contributed by atoms with Gasteiger partial charge in [-0.1, -0.05) is 0 Å². The van der Waals surface area contributed by atoms with Crippen LogP contribution in [-0.2, 0) is 4.74 Å². The summed E-state index contributed by atoms with van der Waals surface area (Å²) in [6.07, 6.45) is 2.63. The molecule has 1 aromatic heterocycles. The number of ether oxygens (including phenoxy) is 1. The summed E-state index contributed by atoms with van der Waals surface area (Å²) >= 11 is 0. The van der Waals surface area contributed by atoms with E-state index in [1.54, 1.807) is 12.3 Å². The first-order valence-corrected chi connectivity index (χ1v) is 5.05. The molecule has 2 rings (SSSR count). The average Bonchev–Trinajstić information content (AvgIpc) is 2.84. The maximum Gasteiger partial charge on any atom is 0.267 e. The number of aromatic nitrogens is 1. The largest absolute Gasteiger partial charge is 0.397 e. The predicted molar refractivity (Wildman–Crippen MR) is 56.5 cm³/mol. The van der Waals surface area contributed by atoms with Crippen LogP contribution < -0.4 is 11.1 Å². The number of hydrogen-bond acceptors (Lipinski definition) is 3. The Morgan fingerprint density at radius 2 is 2.60 bits per heavy atom. The second kappa shape index (κ2) is 4.35.